The molecule has 0 spiro atoms. The van der Waals surface area contributed by atoms with Gasteiger partial charge < -0.3 is 14.7 Å². The number of furan rings is 1. The minimum atomic E-state index is 0.796. The van der Waals surface area contributed by atoms with Crippen molar-refractivity contribution in [3.63, 3.8) is 0 Å². The predicted molar refractivity (Wildman–Crippen MR) is 49.1 cm³/mol. The van der Waals surface area contributed by atoms with E-state index < -0.39 is 0 Å². The topological polar surface area (TPSA) is 53.9 Å². The van der Waals surface area contributed by atoms with Gasteiger partial charge in [0.2, 0.25) is 0 Å². The molecule has 0 saturated carbocycles. The zero-order chi connectivity index (χ0) is 9.10. The Hall–Kier alpha value is -1.55. The Morgan fingerprint density at radius 2 is 2.54 bits per heavy atom. The Morgan fingerprint density at radius 1 is 1.62 bits per heavy atom. The molecule has 0 aliphatic rings. The summed E-state index contributed by atoms with van der Waals surface area (Å²) >= 11 is 0. The minimum absolute atomic E-state index is 0.796. The van der Waals surface area contributed by atoms with Gasteiger partial charge in [-0.2, -0.15) is 0 Å². The van der Waals surface area contributed by atoms with E-state index in [0.717, 1.165) is 23.6 Å². The van der Waals surface area contributed by atoms with E-state index in [0.29, 0.717) is 0 Å². The molecule has 2 N–H and O–H groups in total. The number of rotatable bonds is 3. The van der Waals surface area contributed by atoms with Crippen molar-refractivity contribution in [1.82, 2.24) is 15.3 Å². The van der Waals surface area contributed by atoms with Crippen LogP contribution in [0.5, 0.6) is 0 Å². The first-order chi connectivity index (χ1) is 6.40. The van der Waals surface area contributed by atoms with Gasteiger partial charge in [-0.25, -0.2) is 4.98 Å². The molecule has 0 saturated heterocycles. The highest BCUT2D eigenvalue weighted by atomic mass is 16.3. The maximum Gasteiger partial charge on any atom is 0.140 e. The number of nitrogens with zero attached hydrogens (tertiary/aromatic N) is 1. The first kappa shape index (κ1) is 8.07. The molecule has 2 aromatic heterocycles. The van der Waals surface area contributed by atoms with E-state index in [2.05, 4.69) is 15.3 Å². The van der Waals surface area contributed by atoms with Crippen LogP contribution >= 0.6 is 0 Å². The highest BCUT2D eigenvalue weighted by Crippen LogP contribution is 2.15. The second-order valence-electron chi connectivity index (χ2n) is 2.80. The van der Waals surface area contributed by atoms with Crippen molar-refractivity contribution >= 4 is 0 Å². The van der Waals surface area contributed by atoms with Crippen molar-refractivity contribution in [3.8, 4) is 11.4 Å². The summed E-state index contributed by atoms with van der Waals surface area (Å²) in [5.74, 6) is 0.846. The molecule has 0 fully saturated rings. The molecular weight excluding hydrogens is 166 g/mol. The van der Waals surface area contributed by atoms with Crippen molar-refractivity contribution in [2.45, 2.75) is 6.54 Å². The molecule has 0 unspecified atom stereocenters. The molecule has 0 atom stereocenters. The van der Waals surface area contributed by atoms with Gasteiger partial charge in [0.05, 0.1) is 11.8 Å². The van der Waals surface area contributed by atoms with Crippen molar-refractivity contribution in [1.29, 1.82) is 0 Å². The molecule has 2 rings (SSSR count). The van der Waals surface area contributed by atoms with Gasteiger partial charge in [-0.15, -0.1) is 0 Å². The maximum absolute atomic E-state index is 4.96. The Morgan fingerprint density at radius 3 is 3.23 bits per heavy atom. The molecular formula is C9H11N3O. The molecule has 0 radical (unpaired) electrons. The van der Waals surface area contributed by atoms with Gasteiger partial charge in [0.1, 0.15) is 12.1 Å². The molecule has 0 amide bonds. The molecule has 4 heteroatoms. The summed E-state index contributed by atoms with van der Waals surface area (Å²) in [5.41, 5.74) is 2.04. The van der Waals surface area contributed by atoms with Crippen molar-refractivity contribution in [3.05, 3.63) is 30.5 Å². The molecule has 2 aromatic rings. The molecule has 0 aliphatic heterocycles. The van der Waals surface area contributed by atoms with Gasteiger partial charge in [-0.1, -0.05) is 0 Å². The second-order valence-corrected chi connectivity index (χ2v) is 2.80. The highest BCUT2D eigenvalue weighted by Gasteiger charge is 2.03. The van der Waals surface area contributed by atoms with Gasteiger partial charge in [-0.3, -0.25) is 0 Å². The lowest BCUT2D eigenvalue weighted by Crippen LogP contribution is -2.04. The molecule has 4 nitrogen and oxygen atoms in total. The van der Waals surface area contributed by atoms with Crippen LogP contribution in [-0.2, 0) is 6.54 Å². The number of aromatic amines is 1. The third-order valence-electron chi connectivity index (χ3n) is 1.79. The van der Waals surface area contributed by atoms with Crippen LogP contribution < -0.4 is 5.32 Å². The summed E-state index contributed by atoms with van der Waals surface area (Å²) in [6, 6.07) is 1.88. The van der Waals surface area contributed by atoms with Crippen LogP contribution in [0, 0.1) is 0 Å². The zero-order valence-corrected chi connectivity index (χ0v) is 7.37. The number of hydrogen-bond donors (Lipinski definition) is 2. The van der Waals surface area contributed by atoms with Crippen LogP contribution in [0.15, 0.2) is 29.2 Å². The largest absolute Gasteiger partial charge is 0.472 e. The van der Waals surface area contributed by atoms with Crippen LogP contribution in [-0.4, -0.2) is 17.0 Å². The van der Waals surface area contributed by atoms with E-state index in [9.17, 15) is 0 Å². The normalized spacial score (nSPS) is 10.5. The lowest BCUT2D eigenvalue weighted by atomic mass is 10.3. The number of H-pyrrole nitrogens is 1. The number of aromatic nitrogens is 2. The van der Waals surface area contributed by atoms with E-state index in [-0.39, 0.29) is 0 Å². The minimum Gasteiger partial charge on any atom is -0.472 e. The summed E-state index contributed by atoms with van der Waals surface area (Å²) in [7, 11) is 1.90. The third kappa shape index (κ3) is 1.62. The summed E-state index contributed by atoms with van der Waals surface area (Å²) in [4.78, 5) is 7.40. The van der Waals surface area contributed by atoms with Crippen LogP contribution in [0.1, 0.15) is 5.69 Å². The summed E-state index contributed by atoms with van der Waals surface area (Å²) < 4.78 is 4.96. The molecule has 0 aromatic carbocycles. The van der Waals surface area contributed by atoms with E-state index in [1.165, 1.54) is 0 Å². The molecule has 0 aliphatic carbocycles. The number of hydrogen-bond acceptors (Lipinski definition) is 3. The fourth-order valence-electron chi connectivity index (χ4n) is 1.19. The van der Waals surface area contributed by atoms with Gasteiger partial charge in [0.15, 0.2) is 0 Å². The van der Waals surface area contributed by atoms with E-state index in [1.807, 2.05) is 19.3 Å². The third-order valence-corrected chi connectivity index (χ3v) is 1.79. The first-order valence-electron chi connectivity index (χ1n) is 4.11. The van der Waals surface area contributed by atoms with Crippen molar-refractivity contribution in [2.75, 3.05) is 7.05 Å². The lowest BCUT2D eigenvalue weighted by molar-refractivity contribution is 0.568. The Labute approximate surface area is 76.0 Å². The van der Waals surface area contributed by atoms with E-state index in [1.54, 1.807) is 12.5 Å². The summed E-state index contributed by atoms with van der Waals surface area (Å²) in [6.07, 6.45) is 5.12. The lowest BCUT2D eigenvalue weighted by Gasteiger charge is -1.92. The fourth-order valence-corrected chi connectivity index (χ4v) is 1.19. The molecule has 0 bridgehead atoms. The maximum atomic E-state index is 4.96. The quantitative estimate of drug-likeness (QED) is 0.744. The first-order valence-corrected chi connectivity index (χ1v) is 4.11. The monoisotopic (exact) mass is 177 g/mol. The smallest absolute Gasteiger partial charge is 0.140 e. The van der Waals surface area contributed by atoms with Crippen molar-refractivity contribution < 1.29 is 4.42 Å². The highest BCUT2D eigenvalue weighted by molar-refractivity contribution is 5.52. The Balaban J connectivity index is 2.23. The Bertz CT molecular complexity index is 364. The fraction of sp³-hybridized carbons (Fsp3) is 0.222. The van der Waals surface area contributed by atoms with E-state index >= 15 is 0 Å². The van der Waals surface area contributed by atoms with Crippen LogP contribution in [0.3, 0.4) is 0 Å². The Kier molecular flexibility index (Phi) is 2.14. The van der Waals surface area contributed by atoms with Gasteiger partial charge in [0, 0.05) is 18.4 Å². The molecule has 13 heavy (non-hydrogen) atoms. The average Bonchev–Trinajstić information content (AvgIpc) is 2.70. The van der Waals surface area contributed by atoms with Gasteiger partial charge in [-0.05, 0) is 13.1 Å². The average molecular weight is 177 g/mol. The molecule has 2 heterocycles. The van der Waals surface area contributed by atoms with Crippen LogP contribution in [0.4, 0.5) is 0 Å². The second kappa shape index (κ2) is 3.45. The molecule has 68 valence electrons. The summed E-state index contributed by atoms with van der Waals surface area (Å²) in [6.45, 7) is 0.796. The van der Waals surface area contributed by atoms with Gasteiger partial charge in [0.25, 0.3) is 0 Å². The predicted octanol–water partition coefficient (Wildman–Crippen LogP) is 1.39. The SMILES string of the molecule is CNCc1cnc(-c2ccoc2)[nH]1. The number of nitrogens with one attached hydrogen (secondary N) is 2. The van der Waals surface area contributed by atoms with Crippen LogP contribution in [0.25, 0.3) is 11.4 Å². The summed E-state index contributed by atoms with van der Waals surface area (Å²) in [5, 5.41) is 3.05. The zero-order valence-electron chi connectivity index (χ0n) is 7.37. The van der Waals surface area contributed by atoms with Crippen molar-refractivity contribution in [2.24, 2.45) is 0 Å². The standard InChI is InChI=1S/C9H11N3O/c1-10-4-8-5-11-9(12-8)7-2-3-13-6-7/h2-3,5-6,10H,4H2,1H3,(H,11,12). The van der Waals surface area contributed by atoms with E-state index in [4.69, 9.17) is 4.42 Å². The van der Waals surface area contributed by atoms with Gasteiger partial charge >= 0.3 is 0 Å². The van der Waals surface area contributed by atoms with Crippen LogP contribution in [0.2, 0.25) is 0 Å². The number of imidazole rings is 1.